The number of carbonyl (C=O) groups excluding carboxylic acids is 1. The van der Waals surface area contributed by atoms with E-state index >= 15 is 0 Å². The molecule has 0 spiro atoms. The molecular formula is C17H23N5O3. The van der Waals surface area contributed by atoms with Crippen molar-refractivity contribution < 1.29 is 13.9 Å². The molecule has 2 aliphatic rings. The smallest absolute Gasteiger partial charge is 0.274 e. The minimum absolute atomic E-state index is 0.0451. The Hall–Kier alpha value is -2.22. The van der Waals surface area contributed by atoms with Crippen molar-refractivity contribution in [3.63, 3.8) is 0 Å². The van der Waals surface area contributed by atoms with E-state index in [9.17, 15) is 4.79 Å². The van der Waals surface area contributed by atoms with Crippen molar-refractivity contribution in [1.29, 1.82) is 0 Å². The van der Waals surface area contributed by atoms with Crippen LogP contribution in [0.3, 0.4) is 0 Å². The minimum atomic E-state index is -0.382. The normalized spacial score (nSPS) is 20.8. The van der Waals surface area contributed by atoms with Crippen LogP contribution in [0.15, 0.2) is 4.42 Å². The van der Waals surface area contributed by atoms with Crippen molar-refractivity contribution in [3.8, 4) is 0 Å². The van der Waals surface area contributed by atoms with Crippen molar-refractivity contribution in [1.82, 2.24) is 25.3 Å². The predicted octanol–water partition coefficient (Wildman–Crippen LogP) is 2.01. The minimum Gasteiger partial charge on any atom is -0.422 e. The molecule has 1 aliphatic heterocycles. The molecule has 1 aliphatic carbocycles. The zero-order valence-electron chi connectivity index (χ0n) is 14.6. The molecule has 25 heavy (non-hydrogen) atoms. The third kappa shape index (κ3) is 3.06. The van der Waals surface area contributed by atoms with Crippen molar-refractivity contribution in [2.75, 3.05) is 19.7 Å². The summed E-state index contributed by atoms with van der Waals surface area (Å²) in [4.78, 5) is 14.7. The van der Waals surface area contributed by atoms with Gasteiger partial charge in [-0.25, -0.2) is 0 Å². The predicted molar refractivity (Wildman–Crippen MR) is 88.2 cm³/mol. The highest BCUT2D eigenvalue weighted by atomic mass is 16.5. The van der Waals surface area contributed by atoms with Gasteiger partial charge in [0, 0.05) is 23.7 Å². The van der Waals surface area contributed by atoms with Crippen molar-refractivity contribution in [3.05, 3.63) is 28.7 Å². The van der Waals surface area contributed by atoms with E-state index in [-0.39, 0.29) is 17.9 Å². The molecule has 0 radical (unpaired) electrons. The summed E-state index contributed by atoms with van der Waals surface area (Å²) in [5, 5.41) is 15.5. The number of nitrogens with one attached hydrogen (secondary N) is 1. The molecule has 2 aromatic rings. The second-order valence-electron chi connectivity index (χ2n) is 6.98. The first kappa shape index (κ1) is 16.3. The van der Waals surface area contributed by atoms with Gasteiger partial charge in [0.25, 0.3) is 5.91 Å². The van der Waals surface area contributed by atoms with Gasteiger partial charge in [0.1, 0.15) is 0 Å². The van der Waals surface area contributed by atoms with E-state index in [0.717, 1.165) is 36.9 Å². The lowest BCUT2D eigenvalue weighted by atomic mass is 9.95. The molecule has 4 rings (SSSR count). The highest BCUT2D eigenvalue weighted by molar-refractivity contribution is 5.94. The van der Waals surface area contributed by atoms with Gasteiger partial charge in [0.05, 0.1) is 13.2 Å². The third-order valence-corrected chi connectivity index (χ3v) is 4.84. The number of H-pyrrole nitrogens is 1. The summed E-state index contributed by atoms with van der Waals surface area (Å²) in [6.45, 7) is 5.38. The van der Waals surface area contributed by atoms with Gasteiger partial charge in [0.2, 0.25) is 11.8 Å². The Labute approximate surface area is 145 Å². The number of hydrogen-bond acceptors (Lipinski definition) is 6. The van der Waals surface area contributed by atoms with E-state index in [1.54, 1.807) is 4.90 Å². The Bertz CT molecular complexity index is 766. The average molecular weight is 345 g/mol. The van der Waals surface area contributed by atoms with Crippen LogP contribution in [-0.2, 0) is 17.6 Å². The lowest BCUT2D eigenvalue weighted by Crippen LogP contribution is -2.42. The summed E-state index contributed by atoms with van der Waals surface area (Å²) in [5.41, 5.74) is 2.75. The quantitative estimate of drug-likeness (QED) is 0.914. The molecule has 8 nitrogen and oxygen atoms in total. The summed E-state index contributed by atoms with van der Waals surface area (Å²) in [6.07, 6.45) is 3.77. The van der Waals surface area contributed by atoms with Gasteiger partial charge in [0.15, 0.2) is 11.8 Å². The Balaban J connectivity index is 1.50. The van der Waals surface area contributed by atoms with Crippen molar-refractivity contribution in [2.45, 2.75) is 51.6 Å². The molecule has 8 heteroatoms. The van der Waals surface area contributed by atoms with Crippen LogP contribution in [0.1, 0.15) is 72.2 Å². The fourth-order valence-corrected chi connectivity index (χ4v) is 3.40. The number of aryl methyl sites for hydroxylation is 1. The van der Waals surface area contributed by atoms with Gasteiger partial charge in [-0.2, -0.15) is 5.10 Å². The van der Waals surface area contributed by atoms with Crippen LogP contribution >= 0.6 is 0 Å². The molecule has 0 bridgehead atoms. The second-order valence-corrected chi connectivity index (χ2v) is 6.98. The fourth-order valence-electron chi connectivity index (χ4n) is 3.40. The number of aromatic nitrogens is 4. The molecule has 0 aromatic carbocycles. The van der Waals surface area contributed by atoms with Crippen molar-refractivity contribution in [2.24, 2.45) is 0 Å². The van der Waals surface area contributed by atoms with Crippen LogP contribution in [0, 0.1) is 0 Å². The van der Waals surface area contributed by atoms with Crippen molar-refractivity contribution >= 4 is 5.91 Å². The largest absolute Gasteiger partial charge is 0.422 e. The third-order valence-electron chi connectivity index (χ3n) is 4.84. The van der Waals surface area contributed by atoms with Gasteiger partial charge >= 0.3 is 0 Å². The number of aromatic amines is 1. The number of morpholine rings is 1. The van der Waals surface area contributed by atoms with E-state index in [1.165, 1.54) is 0 Å². The maximum absolute atomic E-state index is 12.9. The summed E-state index contributed by atoms with van der Waals surface area (Å²) in [6, 6.07) is 0. The zero-order valence-corrected chi connectivity index (χ0v) is 14.6. The molecule has 1 amide bonds. The monoisotopic (exact) mass is 345 g/mol. The molecule has 1 saturated heterocycles. The second kappa shape index (κ2) is 6.59. The first-order valence-corrected chi connectivity index (χ1v) is 8.93. The Kier molecular flexibility index (Phi) is 4.29. The number of nitrogens with zero attached hydrogens (tertiary/aromatic N) is 4. The lowest BCUT2D eigenvalue weighted by molar-refractivity contribution is -0.0353. The number of hydrogen-bond donors (Lipinski definition) is 1. The number of amides is 1. The Morgan fingerprint density at radius 1 is 1.28 bits per heavy atom. The van der Waals surface area contributed by atoms with Gasteiger partial charge < -0.3 is 14.1 Å². The van der Waals surface area contributed by atoms with E-state index in [2.05, 4.69) is 20.4 Å². The standard InChI is InChI=1S/C17H23N5O3/c1-10(2)15-20-21-16(25-15)13-9-22(7-8-24-13)17(23)14-11-5-3-4-6-12(11)18-19-14/h10,13H,3-9H2,1-2H3,(H,18,19)/t13-/m0/s1. The van der Waals surface area contributed by atoms with E-state index in [4.69, 9.17) is 9.15 Å². The maximum atomic E-state index is 12.9. The Morgan fingerprint density at radius 3 is 2.92 bits per heavy atom. The SMILES string of the molecule is CC(C)c1nnc([C@@H]2CN(C(=O)c3n[nH]c4c3CCCC4)CCO2)o1. The first-order chi connectivity index (χ1) is 12.1. The number of ether oxygens (including phenoxy) is 1. The van der Waals surface area contributed by atoms with Gasteiger partial charge in [-0.3, -0.25) is 9.89 Å². The first-order valence-electron chi connectivity index (χ1n) is 8.93. The van der Waals surface area contributed by atoms with Gasteiger partial charge in [-0.15, -0.1) is 10.2 Å². The number of fused-ring (bicyclic) bond motifs is 1. The van der Waals surface area contributed by atoms with Crippen LogP contribution in [-0.4, -0.2) is 50.9 Å². The zero-order chi connectivity index (χ0) is 17.4. The molecule has 1 N–H and O–H groups in total. The molecule has 0 saturated carbocycles. The van der Waals surface area contributed by atoms with Crippen LogP contribution in [0.25, 0.3) is 0 Å². The van der Waals surface area contributed by atoms with E-state index in [1.807, 2.05) is 13.8 Å². The topological polar surface area (TPSA) is 97.1 Å². The Morgan fingerprint density at radius 2 is 2.12 bits per heavy atom. The molecule has 0 unspecified atom stereocenters. The molecule has 134 valence electrons. The number of rotatable bonds is 3. The molecule has 3 heterocycles. The highest BCUT2D eigenvalue weighted by Gasteiger charge is 2.32. The fraction of sp³-hybridized carbons (Fsp3) is 0.647. The summed E-state index contributed by atoms with van der Waals surface area (Å²) in [7, 11) is 0. The van der Waals surface area contributed by atoms with Gasteiger partial charge in [-0.05, 0) is 25.7 Å². The van der Waals surface area contributed by atoms with Crippen LogP contribution < -0.4 is 0 Å². The molecule has 2 aromatic heterocycles. The summed E-state index contributed by atoms with van der Waals surface area (Å²) < 4.78 is 11.4. The summed E-state index contributed by atoms with van der Waals surface area (Å²) >= 11 is 0. The maximum Gasteiger partial charge on any atom is 0.274 e. The molecule has 1 fully saturated rings. The van der Waals surface area contributed by atoms with E-state index < -0.39 is 0 Å². The average Bonchev–Trinajstić information content (AvgIpc) is 3.28. The van der Waals surface area contributed by atoms with Gasteiger partial charge in [-0.1, -0.05) is 13.8 Å². The molecular weight excluding hydrogens is 322 g/mol. The highest BCUT2D eigenvalue weighted by Crippen LogP contribution is 2.27. The summed E-state index contributed by atoms with van der Waals surface area (Å²) in [5.74, 6) is 1.14. The number of carbonyl (C=O) groups is 1. The van der Waals surface area contributed by atoms with Crippen LogP contribution in [0.5, 0.6) is 0 Å². The lowest BCUT2D eigenvalue weighted by Gasteiger charge is -2.31. The molecule has 1 atom stereocenters. The van der Waals surface area contributed by atoms with E-state index in [0.29, 0.717) is 37.2 Å². The van der Waals surface area contributed by atoms with Crippen LogP contribution in [0.4, 0.5) is 0 Å². The van der Waals surface area contributed by atoms with Crippen LogP contribution in [0.2, 0.25) is 0 Å².